The van der Waals surface area contributed by atoms with E-state index >= 15 is 0 Å². The Kier molecular flexibility index (Phi) is 3.74. The van der Waals surface area contributed by atoms with Crippen LogP contribution < -0.4 is 19.5 Å². The molecule has 0 fully saturated rings. The van der Waals surface area contributed by atoms with Crippen molar-refractivity contribution in [1.82, 2.24) is 5.32 Å². The third-order valence-electron chi connectivity index (χ3n) is 3.90. The maximum atomic E-state index is 6.15. The molecule has 0 aliphatic carbocycles. The molecule has 1 N–H and O–H groups in total. The van der Waals surface area contributed by atoms with E-state index in [-0.39, 0.29) is 5.60 Å². The minimum atomic E-state index is -0.175. The predicted octanol–water partition coefficient (Wildman–Crippen LogP) is 3.31. The standard InChI is InChI=1S/C17H25NO3/c1-11(2)10-18-13-9-17(3,4)21-14-8-16-15(7-12(13)14)19-5-6-20-16/h7-8,11,13,18H,5-6,9-10H2,1-4H3. The SMILES string of the molecule is CC(C)CNC1CC(C)(C)Oc2cc3c(cc21)OCCO3. The monoisotopic (exact) mass is 291 g/mol. The van der Waals surface area contributed by atoms with E-state index in [2.05, 4.69) is 39.1 Å². The van der Waals surface area contributed by atoms with Crippen LogP contribution in [-0.4, -0.2) is 25.4 Å². The topological polar surface area (TPSA) is 39.7 Å². The van der Waals surface area contributed by atoms with Crippen LogP contribution in [0.2, 0.25) is 0 Å². The second-order valence-corrected chi connectivity index (χ2v) is 6.95. The highest BCUT2D eigenvalue weighted by Gasteiger charge is 2.35. The Labute approximate surface area is 126 Å². The number of nitrogens with one attached hydrogen (secondary N) is 1. The van der Waals surface area contributed by atoms with Crippen molar-refractivity contribution in [3.63, 3.8) is 0 Å². The van der Waals surface area contributed by atoms with Gasteiger partial charge in [-0.2, -0.15) is 0 Å². The van der Waals surface area contributed by atoms with Gasteiger partial charge in [0.25, 0.3) is 0 Å². The van der Waals surface area contributed by atoms with E-state index in [0.717, 1.165) is 30.2 Å². The molecule has 0 aromatic heterocycles. The Balaban J connectivity index is 1.93. The molecule has 2 aliphatic rings. The Hall–Kier alpha value is -1.42. The molecule has 1 unspecified atom stereocenters. The van der Waals surface area contributed by atoms with Crippen molar-refractivity contribution in [3.05, 3.63) is 17.7 Å². The Morgan fingerprint density at radius 3 is 2.48 bits per heavy atom. The Morgan fingerprint density at radius 1 is 1.14 bits per heavy atom. The van der Waals surface area contributed by atoms with Gasteiger partial charge in [0.15, 0.2) is 11.5 Å². The maximum absolute atomic E-state index is 6.15. The maximum Gasteiger partial charge on any atom is 0.165 e. The van der Waals surface area contributed by atoms with E-state index in [4.69, 9.17) is 14.2 Å². The van der Waals surface area contributed by atoms with E-state index in [0.29, 0.717) is 25.2 Å². The van der Waals surface area contributed by atoms with Crippen molar-refractivity contribution in [2.24, 2.45) is 5.92 Å². The van der Waals surface area contributed by atoms with Gasteiger partial charge in [0.1, 0.15) is 24.6 Å². The molecule has 3 rings (SSSR count). The molecular weight excluding hydrogens is 266 g/mol. The molecule has 0 saturated carbocycles. The van der Waals surface area contributed by atoms with Crippen molar-refractivity contribution in [3.8, 4) is 17.2 Å². The van der Waals surface area contributed by atoms with Crippen LogP contribution in [0.25, 0.3) is 0 Å². The minimum absolute atomic E-state index is 0.175. The molecule has 0 saturated heterocycles. The van der Waals surface area contributed by atoms with Gasteiger partial charge in [0.2, 0.25) is 0 Å². The quantitative estimate of drug-likeness (QED) is 0.927. The molecular formula is C17H25NO3. The fourth-order valence-corrected chi connectivity index (χ4v) is 2.95. The molecule has 0 amide bonds. The Morgan fingerprint density at radius 2 is 1.81 bits per heavy atom. The first-order chi connectivity index (χ1) is 9.94. The third-order valence-corrected chi connectivity index (χ3v) is 3.90. The molecule has 1 aromatic rings. The van der Waals surface area contributed by atoms with E-state index in [1.54, 1.807) is 0 Å². The van der Waals surface area contributed by atoms with E-state index < -0.39 is 0 Å². The number of rotatable bonds is 3. The molecule has 2 heterocycles. The first-order valence-electron chi connectivity index (χ1n) is 7.80. The summed E-state index contributed by atoms with van der Waals surface area (Å²) in [6.07, 6.45) is 0.951. The minimum Gasteiger partial charge on any atom is -0.487 e. The van der Waals surface area contributed by atoms with Crippen molar-refractivity contribution in [2.75, 3.05) is 19.8 Å². The molecule has 0 radical (unpaired) electrons. The van der Waals surface area contributed by atoms with Gasteiger partial charge in [0, 0.05) is 24.1 Å². The predicted molar refractivity (Wildman–Crippen MR) is 82.3 cm³/mol. The van der Waals surface area contributed by atoms with Crippen LogP contribution in [0.15, 0.2) is 12.1 Å². The van der Waals surface area contributed by atoms with Crippen LogP contribution in [-0.2, 0) is 0 Å². The lowest BCUT2D eigenvalue weighted by molar-refractivity contribution is 0.0639. The van der Waals surface area contributed by atoms with Crippen LogP contribution in [0.4, 0.5) is 0 Å². The number of benzene rings is 1. The zero-order valence-corrected chi connectivity index (χ0v) is 13.4. The van der Waals surface area contributed by atoms with E-state index in [9.17, 15) is 0 Å². The lowest BCUT2D eigenvalue weighted by atomic mass is 9.89. The summed E-state index contributed by atoms with van der Waals surface area (Å²) < 4.78 is 17.5. The molecule has 21 heavy (non-hydrogen) atoms. The molecule has 0 bridgehead atoms. The summed E-state index contributed by atoms with van der Waals surface area (Å²) in [6.45, 7) is 10.9. The summed E-state index contributed by atoms with van der Waals surface area (Å²) in [4.78, 5) is 0. The molecule has 4 heteroatoms. The van der Waals surface area contributed by atoms with Crippen molar-refractivity contribution in [2.45, 2.75) is 45.8 Å². The second-order valence-electron chi connectivity index (χ2n) is 6.95. The summed E-state index contributed by atoms with van der Waals surface area (Å²) in [5.41, 5.74) is 1.00. The molecule has 0 spiro atoms. The fourth-order valence-electron chi connectivity index (χ4n) is 2.95. The number of ether oxygens (including phenoxy) is 3. The van der Waals surface area contributed by atoms with Gasteiger partial charge in [-0.3, -0.25) is 0 Å². The first-order valence-corrected chi connectivity index (χ1v) is 7.80. The lowest BCUT2D eigenvalue weighted by Crippen LogP contribution is -2.40. The highest BCUT2D eigenvalue weighted by atomic mass is 16.6. The molecule has 116 valence electrons. The first kappa shape index (κ1) is 14.5. The van der Waals surface area contributed by atoms with Crippen LogP contribution >= 0.6 is 0 Å². The van der Waals surface area contributed by atoms with Crippen LogP contribution in [0.3, 0.4) is 0 Å². The van der Waals surface area contributed by atoms with Crippen LogP contribution in [0.1, 0.15) is 45.7 Å². The number of fused-ring (bicyclic) bond motifs is 2. The lowest BCUT2D eigenvalue weighted by Gasteiger charge is -2.39. The third kappa shape index (κ3) is 3.10. The normalized spacial score (nSPS) is 22.6. The van der Waals surface area contributed by atoms with Gasteiger partial charge in [-0.1, -0.05) is 13.8 Å². The van der Waals surface area contributed by atoms with Crippen molar-refractivity contribution >= 4 is 0 Å². The highest BCUT2D eigenvalue weighted by Crippen LogP contribution is 2.45. The van der Waals surface area contributed by atoms with Gasteiger partial charge in [-0.25, -0.2) is 0 Å². The molecule has 2 aliphatic heterocycles. The summed E-state index contributed by atoms with van der Waals surface area (Å²) in [6, 6.07) is 4.35. The van der Waals surface area contributed by atoms with Gasteiger partial charge >= 0.3 is 0 Å². The molecule has 1 aromatic carbocycles. The highest BCUT2D eigenvalue weighted by molar-refractivity contribution is 5.53. The summed E-state index contributed by atoms with van der Waals surface area (Å²) in [5.74, 6) is 3.16. The fraction of sp³-hybridized carbons (Fsp3) is 0.647. The van der Waals surface area contributed by atoms with Crippen LogP contribution in [0, 0.1) is 5.92 Å². The van der Waals surface area contributed by atoms with Crippen LogP contribution in [0.5, 0.6) is 17.2 Å². The molecule has 4 nitrogen and oxygen atoms in total. The van der Waals surface area contributed by atoms with E-state index in [1.165, 1.54) is 5.56 Å². The van der Waals surface area contributed by atoms with Gasteiger partial charge in [-0.05, 0) is 32.4 Å². The smallest absolute Gasteiger partial charge is 0.165 e. The Bertz CT molecular complexity index is 525. The number of hydrogen-bond donors (Lipinski definition) is 1. The summed E-state index contributed by atoms with van der Waals surface area (Å²) >= 11 is 0. The number of hydrogen-bond acceptors (Lipinski definition) is 4. The van der Waals surface area contributed by atoms with Gasteiger partial charge < -0.3 is 19.5 Å². The average Bonchev–Trinajstić information content (AvgIpc) is 2.41. The van der Waals surface area contributed by atoms with Crippen molar-refractivity contribution in [1.29, 1.82) is 0 Å². The summed E-state index contributed by atoms with van der Waals surface area (Å²) in [7, 11) is 0. The van der Waals surface area contributed by atoms with E-state index in [1.807, 2.05) is 6.07 Å². The molecule has 1 atom stereocenters. The van der Waals surface area contributed by atoms with Gasteiger partial charge in [0.05, 0.1) is 0 Å². The van der Waals surface area contributed by atoms with Gasteiger partial charge in [-0.15, -0.1) is 0 Å². The van der Waals surface area contributed by atoms with Crippen molar-refractivity contribution < 1.29 is 14.2 Å². The zero-order valence-electron chi connectivity index (χ0n) is 13.4. The summed E-state index contributed by atoms with van der Waals surface area (Å²) in [5, 5.41) is 3.66. The zero-order chi connectivity index (χ0) is 15.0. The second kappa shape index (κ2) is 5.41. The largest absolute Gasteiger partial charge is 0.487 e. The average molecular weight is 291 g/mol.